The number of nitrogens with one attached hydrogen (secondary N) is 1. The molecule has 0 saturated heterocycles. The third-order valence-electron chi connectivity index (χ3n) is 3.04. The molecule has 2 heterocycles. The third-order valence-corrected chi connectivity index (χ3v) is 4.59. The largest absolute Gasteiger partial charge is 0.486 e. The van der Waals surface area contributed by atoms with E-state index in [-0.39, 0.29) is 0 Å². The number of thioether (sulfide) groups is 1. The average Bonchev–Trinajstić information content (AvgIpc) is 3.01. The van der Waals surface area contributed by atoms with Crippen LogP contribution in [0.4, 0.5) is 5.82 Å². The Bertz CT molecular complexity index is 740. The fourth-order valence-electron chi connectivity index (χ4n) is 1.97. The number of thiophene rings is 1. The van der Waals surface area contributed by atoms with Gasteiger partial charge in [-0.1, -0.05) is 0 Å². The molecule has 0 fully saturated rings. The highest BCUT2D eigenvalue weighted by Gasteiger charge is 2.08. The second-order valence-corrected chi connectivity index (χ2v) is 6.12. The van der Waals surface area contributed by atoms with Crippen LogP contribution in [-0.2, 0) is 6.61 Å². The van der Waals surface area contributed by atoms with Crippen LogP contribution in [0.1, 0.15) is 5.82 Å². The zero-order valence-corrected chi connectivity index (χ0v) is 13.4. The van der Waals surface area contributed by atoms with Crippen LogP contribution in [0.15, 0.2) is 40.6 Å². The van der Waals surface area contributed by atoms with Gasteiger partial charge in [-0.15, -0.1) is 23.1 Å². The average molecular weight is 317 g/mol. The Labute approximate surface area is 131 Å². The molecule has 21 heavy (non-hydrogen) atoms. The summed E-state index contributed by atoms with van der Waals surface area (Å²) in [6, 6.07) is 10.0. The highest BCUT2D eigenvalue weighted by atomic mass is 32.2. The van der Waals surface area contributed by atoms with Gasteiger partial charge in [-0.3, -0.25) is 0 Å². The molecule has 0 saturated carbocycles. The van der Waals surface area contributed by atoms with Crippen molar-refractivity contribution in [2.45, 2.75) is 11.5 Å². The van der Waals surface area contributed by atoms with Crippen molar-refractivity contribution >= 4 is 39.1 Å². The van der Waals surface area contributed by atoms with E-state index in [1.807, 2.05) is 42.8 Å². The lowest BCUT2D eigenvalue weighted by atomic mass is 10.3. The summed E-state index contributed by atoms with van der Waals surface area (Å²) in [5, 5.41) is 6.18. The van der Waals surface area contributed by atoms with Crippen LogP contribution in [0.2, 0.25) is 0 Å². The van der Waals surface area contributed by atoms with Crippen molar-refractivity contribution in [3.05, 3.63) is 41.5 Å². The Hall–Kier alpha value is -1.79. The lowest BCUT2D eigenvalue weighted by Gasteiger charge is -2.08. The first-order valence-electron chi connectivity index (χ1n) is 6.49. The predicted octanol–water partition coefficient (Wildman–Crippen LogP) is 4.03. The molecule has 0 atom stereocenters. The van der Waals surface area contributed by atoms with Crippen LogP contribution < -0.4 is 10.1 Å². The Balaban J connectivity index is 1.77. The highest BCUT2D eigenvalue weighted by molar-refractivity contribution is 7.98. The molecule has 1 N–H and O–H groups in total. The fourth-order valence-corrected chi connectivity index (χ4v) is 3.17. The fraction of sp³-hybridized carbons (Fsp3) is 0.200. The van der Waals surface area contributed by atoms with Crippen molar-refractivity contribution in [2.24, 2.45) is 0 Å². The first-order chi connectivity index (χ1) is 10.3. The molecule has 108 valence electrons. The van der Waals surface area contributed by atoms with Crippen molar-refractivity contribution in [3.8, 4) is 5.75 Å². The van der Waals surface area contributed by atoms with E-state index in [0.717, 1.165) is 21.8 Å². The van der Waals surface area contributed by atoms with Gasteiger partial charge in [0.15, 0.2) is 5.82 Å². The molecule has 3 rings (SSSR count). The number of aromatic nitrogens is 2. The molecule has 4 nitrogen and oxygen atoms in total. The molecule has 0 unspecified atom stereocenters. The number of anilines is 1. The Morgan fingerprint density at radius 2 is 2.00 bits per heavy atom. The lowest BCUT2D eigenvalue weighted by Crippen LogP contribution is -2.04. The second-order valence-electron chi connectivity index (χ2n) is 4.34. The quantitative estimate of drug-likeness (QED) is 0.720. The minimum absolute atomic E-state index is 0.362. The molecule has 3 aromatic rings. The van der Waals surface area contributed by atoms with E-state index in [9.17, 15) is 0 Å². The molecule has 0 radical (unpaired) electrons. The zero-order chi connectivity index (χ0) is 14.7. The molecular formula is C15H15N3OS2. The summed E-state index contributed by atoms with van der Waals surface area (Å²) in [7, 11) is 1.87. The Morgan fingerprint density at radius 1 is 1.19 bits per heavy atom. The molecule has 0 aliphatic heterocycles. The summed E-state index contributed by atoms with van der Waals surface area (Å²) in [5.41, 5.74) is 0. The van der Waals surface area contributed by atoms with Crippen LogP contribution in [0.25, 0.3) is 10.2 Å². The number of ether oxygens (including phenoxy) is 1. The summed E-state index contributed by atoms with van der Waals surface area (Å²) in [6.07, 6.45) is 2.05. The van der Waals surface area contributed by atoms with Gasteiger partial charge in [0.25, 0.3) is 0 Å². The maximum atomic E-state index is 5.76. The molecule has 0 spiro atoms. The van der Waals surface area contributed by atoms with E-state index in [1.54, 1.807) is 23.1 Å². The first-order valence-corrected chi connectivity index (χ1v) is 8.59. The maximum Gasteiger partial charge on any atom is 0.169 e. The van der Waals surface area contributed by atoms with E-state index in [1.165, 1.54) is 4.90 Å². The van der Waals surface area contributed by atoms with Gasteiger partial charge in [-0.05, 0) is 42.0 Å². The van der Waals surface area contributed by atoms with Gasteiger partial charge < -0.3 is 10.1 Å². The zero-order valence-electron chi connectivity index (χ0n) is 11.8. The number of benzene rings is 1. The summed E-state index contributed by atoms with van der Waals surface area (Å²) >= 11 is 3.32. The third kappa shape index (κ3) is 3.11. The van der Waals surface area contributed by atoms with Crippen LogP contribution in [0.3, 0.4) is 0 Å². The molecule has 0 bridgehead atoms. The van der Waals surface area contributed by atoms with Crippen molar-refractivity contribution in [1.29, 1.82) is 0 Å². The van der Waals surface area contributed by atoms with Crippen molar-refractivity contribution in [2.75, 3.05) is 18.6 Å². The number of hydrogen-bond acceptors (Lipinski definition) is 6. The van der Waals surface area contributed by atoms with E-state index < -0.39 is 0 Å². The van der Waals surface area contributed by atoms with Gasteiger partial charge in [0, 0.05) is 11.9 Å². The molecule has 6 heteroatoms. The van der Waals surface area contributed by atoms with E-state index in [4.69, 9.17) is 4.74 Å². The van der Waals surface area contributed by atoms with Gasteiger partial charge in [-0.2, -0.15) is 0 Å². The first kappa shape index (κ1) is 14.2. The normalized spacial score (nSPS) is 10.8. The Morgan fingerprint density at radius 3 is 2.71 bits per heavy atom. The summed E-state index contributed by atoms with van der Waals surface area (Å²) < 4.78 is 5.76. The molecule has 0 aliphatic rings. The van der Waals surface area contributed by atoms with Crippen LogP contribution in [0, 0.1) is 0 Å². The second kappa shape index (κ2) is 6.32. The summed E-state index contributed by atoms with van der Waals surface area (Å²) in [6.45, 7) is 0.362. The molecular weight excluding hydrogens is 302 g/mol. The lowest BCUT2D eigenvalue weighted by molar-refractivity contribution is 0.296. The van der Waals surface area contributed by atoms with Gasteiger partial charge >= 0.3 is 0 Å². The minimum Gasteiger partial charge on any atom is -0.486 e. The Kier molecular flexibility index (Phi) is 4.26. The van der Waals surface area contributed by atoms with Crippen LogP contribution >= 0.6 is 23.1 Å². The van der Waals surface area contributed by atoms with Crippen molar-refractivity contribution in [1.82, 2.24) is 9.97 Å². The van der Waals surface area contributed by atoms with E-state index in [0.29, 0.717) is 12.4 Å². The van der Waals surface area contributed by atoms with Crippen molar-refractivity contribution < 1.29 is 4.74 Å². The van der Waals surface area contributed by atoms with Crippen LogP contribution in [-0.4, -0.2) is 23.3 Å². The predicted molar refractivity (Wildman–Crippen MR) is 89.5 cm³/mol. The molecule has 2 aromatic heterocycles. The summed E-state index contributed by atoms with van der Waals surface area (Å²) in [4.78, 5) is 11.2. The number of rotatable bonds is 5. The smallest absolute Gasteiger partial charge is 0.169 e. The standard InChI is InChI=1S/C15H15N3OS2/c1-16-14-12-7-8-21-15(12)18-13(17-14)9-19-10-3-5-11(20-2)6-4-10/h3-8H,9H2,1-2H3,(H,16,17,18). The molecule has 1 aromatic carbocycles. The molecule has 0 amide bonds. The maximum absolute atomic E-state index is 5.76. The van der Waals surface area contributed by atoms with Gasteiger partial charge in [0.1, 0.15) is 23.0 Å². The van der Waals surface area contributed by atoms with Crippen LogP contribution in [0.5, 0.6) is 5.75 Å². The van der Waals surface area contributed by atoms with E-state index >= 15 is 0 Å². The number of nitrogens with zero attached hydrogens (tertiary/aromatic N) is 2. The van der Waals surface area contributed by atoms with Gasteiger partial charge in [0.05, 0.1) is 5.39 Å². The monoisotopic (exact) mass is 317 g/mol. The van der Waals surface area contributed by atoms with Crippen molar-refractivity contribution in [3.63, 3.8) is 0 Å². The summed E-state index contributed by atoms with van der Waals surface area (Å²) in [5.74, 6) is 2.36. The van der Waals surface area contributed by atoms with E-state index in [2.05, 4.69) is 21.5 Å². The van der Waals surface area contributed by atoms with Gasteiger partial charge in [-0.25, -0.2) is 9.97 Å². The highest BCUT2D eigenvalue weighted by Crippen LogP contribution is 2.25. The minimum atomic E-state index is 0.362. The topological polar surface area (TPSA) is 47.0 Å². The number of fused-ring (bicyclic) bond motifs is 1. The van der Waals surface area contributed by atoms with Gasteiger partial charge in [0.2, 0.25) is 0 Å². The number of hydrogen-bond donors (Lipinski definition) is 1. The SMILES string of the molecule is CNc1nc(COc2ccc(SC)cc2)nc2sccc12. The molecule has 0 aliphatic carbocycles.